The number of aryl methyl sites for hydroxylation is 1. The third kappa shape index (κ3) is 2.89. The van der Waals surface area contributed by atoms with Crippen molar-refractivity contribution in [1.29, 1.82) is 0 Å². The molecule has 1 aromatic heterocycles. The van der Waals surface area contributed by atoms with Crippen molar-refractivity contribution in [3.63, 3.8) is 0 Å². The van der Waals surface area contributed by atoms with Gasteiger partial charge in [0.05, 0.1) is 0 Å². The van der Waals surface area contributed by atoms with Gasteiger partial charge in [-0.1, -0.05) is 18.2 Å². The number of fused-ring (bicyclic) bond motifs is 6. The zero-order valence-electron chi connectivity index (χ0n) is 18.2. The maximum atomic E-state index is 13.2. The van der Waals surface area contributed by atoms with Crippen LogP contribution in [0, 0.1) is 23.7 Å². The number of hydrogen-bond acceptors (Lipinski definition) is 5. The van der Waals surface area contributed by atoms with Gasteiger partial charge >= 0.3 is 0 Å². The van der Waals surface area contributed by atoms with Gasteiger partial charge in [-0.05, 0) is 66.3 Å². The van der Waals surface area contributed by atoms with Crippen LogP contribution in [0.3, 0.4) is 0 Å². The third-order valence-corrected chi connectivity index (χ3v) is 8.28. The number of hydrogen-bond donors (Lipinski definition) is 1. The topological polar surface area (TPSA) is 91.4 Å². The average molecular weight is 444 g/mol. The molecule has 8 heteroatoms. The van der Waals surface area contributed by atoms with E-state index in [1.807, 2.05) is 46.2 Å². The Balaban J connectivity index is 1.00. The Morgan fingerprint density at radius 1 is 0.879 bits per heavy atom. The maximum Gasteiger partial charge on any atom is 0.263 e. The number of carbonyl (C=O) groups excluding carboxylic acids is 2. The SMILES string of the molecule is O=C(c1ccc2n[nH]nc2c1)N1C[C@@H]2C3CN(C(=O)C4CCc5ccccc5O4)CC3[C@@H]2C1. The number of H-pyrrole nitrogens is 1. The minimum atomic E-state index is -0.373. The van der Waals surface area contributed by atoms with E-state index in [0.29, 0.717) is 34.8 Å². The molecular formula is C25H25N5O3. The van der Waals surface area contributed by atoms with E-state index in [4.69, 9.17) is 4.74 Å². The third-order valence-electron chi connectivity index (χ3n) is 8.28. The zero-order valence-corrected chi connectivity index (χ0v) is 18.2. The summed E-state index contributed by atoms with van der Waals surface area (Å²) >= 11 is 0. The van der Waals surface area contributed by atoms with Crippen LogP contribution in [0.1, 0.15) is 22.3 Å². The van der Waals surface area contributed by atoms with Gasteiger partial charge in [-0.2, -0.15) is 15.4 Å². The molecule has 3 aliphatic heterocycles. The summed E-state index contributed by atoms with van der Waals surface area (Å²) in [7, 11) is 0. The summed E-state index contributed by atoms with van der Waals surface area (Å²) in [6.45, 7) is 3.13. The molecule has 1 aliphatic carbocycles. The largest absolute Gasteiger partial charge is 0.480 e. The van der Waals surface area contributed by atoms with Gasteiger partial charge in [0, 0.05) is 31.7 Å². The molecule has 4 heterocycles. The number of aromatic nitrogens is 3. The number of carbonyl (C=O) groups is 2. The second-order valence-corrected chi connectivity index (χ2v) is 9.89. The number of nitrogens with zero attached hydrogens (tertiary/aromatic N) is 4. The van der Waals surface area contributed by atoms with Crippen molar-refractivity contribution in [2.45, 2.75) is 18.9 Å². The van der Waals surface area contributed by atoms with Crippen LogP contribution in [0.15, 0.2) is 42.5 Å². The fourth-order valence-electron chi connectivity index (χ4n) is 6.58. The van der Waals surface area contributed by atoms with Gasteiger partial charge in [0.2, 0.25) is 0 Å². The molecule has 8 nitrogen and oxygen atoms in total. The maximum absolute atomic E-state index is 13.2. The van der Waals surface area contributed by atoms with Crippen LogP contribution >= 0.6 is 0 Å². The van der Waals surface area contributed by atoms with E-state index in [2.05, 4.69) is 21.5 Å². The summed E-state index contributed by atoms with van der Waals surface area (Å²) < 4.78 is 6.06. The van der Waals surface area contributed by atoms with Gasteiger partial charge in [0.15, 0.2) is 6.10 Å². The van der Waals surface area contributed by atoms with Crippen LogP contribution in [0.5, 0.6) is 5.75 Å². The molecule has 3 unspecified atom stereocenters. The summed E-state index contributed by atoms with van der Waals surface area (Å²) in [6, 6.07) is 13.5. The number of aromatic amines is 1. The van der Waals surface area contributed by atoms with Crippen molar-refractivity contribution < 1.29 is 14.3 Å². The minimum absolute atomic E-state index is 0.0644. The van der Waals surface area contributed by atoms with Crippen LogP contribution in [0.4, 0.5) is 0 Å². The molecule has 1 saturated carbocycles. The van der Waals surface area contributed by atoms with E-state index in [0.717, 1.165) is 50.3 Å². The van der Waals surface area contributed by atoms with Crippen molar-refractivity contribution in [2.24, 2.45) is 23.7 Å². The molecule has 3 aromatic rings. The van der Waals surface area contributed by atoms with Gasteiger partial charge in [-0.3, -0.25) is 9.59 Å². The molecular weight excluding hydrogens is 418 g/mol. The van der Waals surface area contributed by atoms with E-state index in [-0.39, 0.29) is 17.9 Å². The summed E-state index contributed by atoms with van der Waals surface area (Å²) in [5, 5.41) is 10.8. The summed E-state index contributed by atoms with van der Waals surface area (Å²) in [5.41, 5.74) is 3.32. The van der Waals surface area contributed by atoms with Crippen LogP contribution in [-0.4, -0.2) is 69.3 Å². The molecule has 33 heavy (non-hydrogen) atoms. The summed E-state index contributed by atoms with van der Waals surface area (Å²) in [5.74, 6) is 3.00. The zero-order chi connectivity index (χ0) is 22.1. The molecule has 0 radical (unpaired) electrons. The first kappa shape index (κ1) is 19.1. The lowest BCUT2D eigenvalue weighted by atomic mass is 9.60. The number of para-hydroxylation sites is 1. The number of ether oxygens (including phenoxy) is 1. The van der Waals surface area contributed by atoms with Crippen molar-refractivity contribution in [1.82, 2.24) is 25.2 Å². The number of benzene rings is 2. The lowest BCUT2D eigenvalue weighted by Crippen LogP contribution is -2.44. The van der Waals surface area contributed by atoms with E-state index in [1.54, 1.807) is 0 Å². The van der Waals surface area contributed by atoms with Crippen molar-refractivity contribution in [3.8, 4) is 5.75 Å². The number of nitrogens with one attached hydrogen (secondary N) is 1. The highest BCUT2D eigenvalue weighted by Gasteiger charge is 2.59. The molecule has 3 fully saturated rings. The summed E-state index contributed by atoms with van der Waals surface area (Å²) in [6.07, 6.45) is 1.25. The Hall–Kier alpha value is -3.42. The first-order valence-corrected chi connectivity index (χ1v) is 11.8. The van der Waals surface area contributed by atoms with Crippen molar-refractivity contribution in [3.05, 3.63) is 53.6 Å². The molecule has 7 rings (SSSR count). The van der Waals surface area contributed by atoms with E-state index >= 15 is 0 Å². The van der Waals surface area contributed by atoms with Gasteiger partial charge in [-0.25, -0.2) is 0 Å². The highest BCUT2D eigenvalue weighted by molar-refractivity contribution is 5.97. The number of amides is 2. The molecule has 1 N–H and O–H groups in total. The molecule has 0 bridgehead atoms. The van der Waals surface area contributed by atoms with E-state index in [9.17, 15) is 9.59 Å². The van der Waals surface area contributed by atoms with Crippen LogP contribution in [0.25, 0.3) is 11.0 Å². The van der Waals surface area contributed by atoms with Crippen LogP contribution < -0.4 is 4.74 Å². The van der Waals surface area contributed by atoms with Gasteiger partial charge in [0.25, 0.3) is 11.8 Å². The highest BCUT2D eigenvalue weighted by Crippen LogP contribution is 2.54. The number of likely N-dealkylation sites (tertiary alicyclic amines) is 2. The van der Waals surface area contributed by atoms with Gasteiger partial charge in [-0.15, -0.1) is 0 Å². The monoisotopic (exact) mass is 443 g/mol. The lowest BCUT2D eigenvalue weighted by molar-refractivity contribution is -0.138. The normalized spacial score (nSPS) is 29.8. The predicted octanol–water partition coefficient (Wildman–Crippen LogP) is 2.13. The highest BCUT2D eigenvalue weighted by atomic mass is 16.5. The van der Waals surface area contributed by atoms with Gasteiger partial charge in [0.1, 0.15) is 16.8 Å². The van der Waals surface area contributed by atoms with E-state index < -0.39 is 0 Å². The molecule has 168 valence electrons. The Kier molecular flexibility index (Phi) is 4.07. The van der Waals surface area contributed by atoms with Crippen LogP contribution in [0.2, 0.25) is 0 Å². The smallest absolute Gasteiger partial charge is 0.263 e. The van der Waals surface area contributed by atoms with Crippen molar-refractivity contribution >= 4 is 22.8 Å². The van der Waals surface area contributed by atoms with Crippen molar-refractivity contribution in [2.75, 3.05) is 26.2 Å². The minimum Gasteiger partial charge on any atom is -0.480 e. The Labute approximate surface area is 190 Å². The lowest BCUT2D eigenvalue weighted by Gasteiger charge is -2.42. The quantitative estimate of drug-likeness (QED) is 0.655. The number of rotatable bonds is 2. The molecule has 0 spiro atoms. The Morgan fingerprint density at radius 3 is 2.36 bits per heavy atom. The second-order valence-electron chi connectivity index (χ2n) is 9.89. The Bertz CT molecular complexity index is 1250. The fourth-order valence-corrected chi connectivity index (χ4v) is 6.58. The molecule has 2 saturated heterocycles. The predicted molar refractivity (Wildman–Crippen MR) is 120 cm³/mol. The van der Waals surface area contributed by atoms with Crippen LogP contribution in [-0.2, 0) is 11.2 Å². The van der Waals surface area contributed by atoms with E-state index in [1.165, 1.54) is 5.56 Å². The fraction of sp³-hybridized carbons (Fsp3) is 0.440. The summed E-state index contributed by atoms with van der Waals surface area (Å²) in [4.78, 5) is 30.3. The standard InChI is InChI=1S/C25H25N5O3/c31-24(15-5-7-20-21(9-15)27-28-26-20)29-10-16-17(11-29)19-13-30(12-18(16)19)25(32)23-8-6-14-3-1-2-4-22(14)33-23/h1-5,7,9,16-19,23H,6,8,10-13H2,(H,26,27,28)/t16-,17+,18?,19?,23?. The molecule has 5 atom stereocenters. The molecule has 2 amide bonds. The first-order chi connectivity index (χ1) is 16.2. The Morgan fingerprint density at radius 2 is 1.58 bits per heavy atom. The average Bonchev–Trinajstić information content (AvgIpc) is 3.56. The molecule has 4 aliphatic rings. The molecule has 2 aromatic carbocycles. The second kappa shape index (κ2) is 7.04. The first-order valence-electron chi connectivity index (χ1n) is 11.8. The van der Waals surface area contributed by atoms with Gasteiger partial charge < -0.3 is 14.5 Å².